The van der Waals surface area contributed by atoms with Crippen LogP contribution in [0.15, 0.2) is 35.2 Å². The van der Waals surface area contributed by atoms with Crippen LogP contribution < -0.4 is 5.32 Å². The molecule has 2 aromatic rings. The normalized spacial score (nSPS) is 14.8. The lowest BCUT2D eigenvalue weighted by Gasteiger charge is -2.10. The Kier molecular flexibility index (Phi) is 3.31. The van der Waals surface area contributed by atoms with Crippen molar-refractivity contribution in [3.05, 3.63) is 45.9 Å². The van der Waals surface area contributed by atoms with Gasteiger partial charge in [-0.25, -0.2) is 4.98 Å². The third kappa shape index (κ3) is 2.54. The van der Waals surface area contributed by atoms with Gasteiger partial charge in [0, 0.05) is 27.4 Å². The summed E-state index contributed by atoms with van der Waals surface area (Å²) in [6.45, 7) is 0.775. The first-order valence-corrected chi connectivity index (χ1v) is 7.11. The maximum absolute atomic E-state index is 5.92. The maximum atomic E-state index is 5.92. The standard InChI is InChI=1S/C13H13BrClN3/c14-12-5-9(15)1-4-13(12)17-7-11-6-16-8-18(11)10-2-3-10/h1,4-6,8,10,17H,2-3,7H2. The number of imidazole rings is 1. The maximum Gasteiger partial charge on any atom is 0.0951 e. The number of nitrogens with zero attached hydrogens (tertiary/aromatic N) is 2. The van der Waals surface area contributed by atoms with Gasteiger partial charge in [-0.05, 0) is 47.0 Å². The van der Waals surface area contributed by atoms with E-state index in [4.69, 9.17) is 11.6 Å². The summed E-state index contributed by atoms with van der Waals surface area (Å²) in [5.41, 5.74) is 2.27. The Morgan fingerprint density at radius 2 is 2.28 bits per heavy atom. The van der Waals surface area contributed by atoms with Gasteiger partial charge in [0.15, 0.2) is 0 Å². The Balaban J connectivity index is 1.71. The van der Waals surface area contributed by atoms with Gasteiger partial charge in [0.25, 0.3) is 0 Å². The molecule has 1 heterocycles. The summed E-state index contributed by atoms with van der Waals surface area (Å²) < 4.78 is 3.24. The SMILES string of the molecule is Clc1ccc(NCc2cncn2C2CC2)c(Br)c1. The Hall–Kier alpha value is -1.00. The van der Waals surface area contributed by atoms with Crippen LogP contribution in [0.1, 0.15) is 24.6 Å². The van der Waals surface area contributed by atoms with Crippen LogP contribution in [0, 0.1) is 0 Å². The topological polar surface area (TPSA) is 29.9 Å². The highest BCUT2D eigenvalue weighted by Gasteiger charge is 2.24. The number of anilines is 1. The van der Waals surface area contributed by atoms with Crippen molar-refractivity contribution < 1.29 is 0 Å². The number of benzene rings is 1. The van der Waals surface area contributed by atoms with Crippen molar-refractivity contribution in [2.75, 3.05) is 5.32 Å². The molecule has 0 unspecified atom stereocenters. The van der Waals surface area contributed by atoms with E-state index in [9.17, 15) is 0 Å². The quantitative estimate of drug-likeness (QED) is 0.910. The highest BCUT2D eigenvalue weighted by Crippen LogP contribution is 2.35. The van der Waals surface area contributed by atoms with Crippen molar-refractivity contribution in [1.82, 2.24) is 9.55 Å². The molecule has 1 aromatic heterocycles. The zero-order valence-electron chi connectivity index (χ0n) is 9.74. The molecule has 0 amide bonds. The third-order valence-corrected chi connectivity index (χ3v) is 3.97. The van der Waals surface area contributed by atoms with Crippen LogP contribution in [0.5, 0.6) is 0 Å². The Morgan fingerprint density at radius 3 is 3.00 bits per heavy atom. The lowest BCUT2D eigenvalue weighted by molar-refractivity contribution is 0.701. The molecule has 1 fully saturated rings. The summed E-state index contributed by atoms with van der Waals surface area (Å²) in [6, 6.07) is 6.41. The van der Waals surface area contributed by atoms with Gasteiger partial charge in [-0.3, -0.25) is 0 Å². The zero-order chi connectivity index (χ0) is 12.5. The lowest BCUT2D eigenvalue weighted by atomic mass is 10.3. The smallest absolute Gasteiger partial charge is 0.0951 e. The molecule has 94 valence electrons. The van der Waals surface area contributed by atoms with Gasteiger partial charge in [0.2, 0.25) is 0 Å². The van der Waals surface area contributed by atoms with E-state index < -0.39 is 0 Å². The fraction of sp³-hybridized carbons (Fsp3) is 0.308. The second kappa shape index (κ2) is 4.94. The molecule has 0 atom stereocenters. The van der Waals surface area contributed by atoms with Crippen molar-refractivity contribution >= 4 is 33.2 Å². The number of nitrogens with one attached hydrogen (secondary N) is 1. The van der Waals surface area contributed by atoms with Crippen molar-refractivity contribution in [3.8, 4) is 0 Å². The van der Waals surface area contributed by atoms with Crippen molar-refractivity contribution in [3.63, 3.8) is 0 Å². The molecule has 3 nitrogen and oxygen atoms in total. The van der Waals surface area contributed by atoms with E-state index in [1.54, 1.807) is 0 Å². The first kappa shape index (κ1) is 12.1. The molecule has 18 heavy (non-hydrogen) atoms. The molecule has 0 aliphatic heterocycles. The number of aromatic nitrogens is 2. The van der Waals surface area contributed by atoms with E-state index in [0.29, 0.717) is 6.04 Å². The third-order valence-electron chi connectivity index (χ3n) is 3.08. The second-order valence-corrected chi connectivity index (χ2v) is 5.79. The van der Waals surface area contributed by atoms with E-state index in [0.717, 1.165) is 21.7 Å². The van der Waals surface area contributed by atoms with E-state index in [2.05, 4.69) is 30.8 Å². The molecule has 1 saturated carbocycles. The Labute approximate surface area is 119 Å². The van der Waals surface area contributed by atoms with E-state index in [-0.39, 0.29) is 0 Å². The van der Waals surface area contributed by atoms with Crippen LogP contribution in [0.4, 0.5) is 5.69 Å². The van der Waals surface area contributed by atoms with E-state index in [1.807, 2.05) is 30.7 Å². The van der Waals surface area contributed by atoms with Gasteiger partial charge in [-0.2, -0.15) is 0 Å². The Morgan fingerprint density at radius 1 is 1.44 bits per heavy atom. The minimum absolute atomic E-state index is 0.665. The summed E-state index contributed by atoms with van der Waals surface area (Å²) in [5, 5.41) is 4.13. The van der Waals surface area contributed by atoms with Gasteiger partial charge in [-0.1, -0.05) is 11.6 Å². The van der Waals surface area contributed by atoms with Gasteiger partial charge < -0.3 is 9.88 Å². The molecule has 0 radical (unpaired) electrons. The molecule has 1 aliphatic carbocycles. The van der Waals surface area contributed by atoms with Crippen molar-refractivity contribution in [2.45, 2.75) is 25.4 Å². The number of hydrogen-bond acceptors (Lipinski definition) is 2. The van der Waals surface area contributed by atoms with Crippen LogP contribution in [0.3, 0.4) is 0 Å². The van der Waals surface area contributed by atoms with Gasteiger partial charge >= 0.3 is 0 Å². The molecule has 1 aliphatic rings. The zero-order valence-corrected chi connectivity index (χ0v) is 12.1. The first-order valence-electron chi connectivity index (χ1n) is 5.93. The van der Waals surface area contributed by atoms with Gasteiger partial charge in [0.05, 0.1) is 18.6 Å². The lowest BCUT2D eigenvalue weighted by Crippen LogP contribution is -2.06. The minimum atomic E-state index is 0.665. The van der Waals surface area contributed by atoms with Crippen LogP contribution in [0.2, 0.25) is 5.02 Å². The fourth-order valence-electron chi connectivity index (χ4n) is 1.97. The van der Waals surface area contributed by atoms with Gasteiger partial charge in [-0.15, -0.1) is 0 Å². The van der Waals surface area contributed by atoms with Gasteiger partial charge in [0.1, 0.15) is 0 Å². The molecule has 1 N–H and O–H groups in total. The van der Waals surface area contributed by atoms with Crippen LogP contribution in [-0.4, -0.2) is 9.55 Å². The summed E-state index contributed by atoms with van der Waals surface area (Å²) in [4.78, 5) is 4.22. The average Bonchev–Trinajstić information content (AvgIpc) is 3.08. The highest BCUT2D eigenvalue weighted by atomic mass is 79.9. The second-order valence-electron chi connectivity index (χ2n) is 4.50. The monoisotopic (exact) mass is 325 g/mol. The molecule has 0 bridgehead atoms. The predicted molar refractivity (Wildman–Crippen MR) is 77.0 cm³/mol. The molecule has 0 saturated heterocycles. The van der Waals surface area contributed by atoms with Crippen LogP contribution in [0.25, 0.3) is 0 Å². The van der Waals surface area contributed by atoms with Crippen LogP contribution >= 0.6 is 27.5 Å². The molecular weight excluding hydrogens is 314 g/mol. The fourth-order valence-corrected chi connectivity index (χ4v) is 2.79. The number of rotatable bonds is 4. The molecule has 3 rings (SSSR count). The molecule has 0 spiro atoms. The molecular formula is C13H13BrClN3. The predicted octanol–water partition coefficient (Wildman–Crippen LogP) is 4.25. The first-order chi connectivity index (χ1) is 8.74. The summed E-state index contributed by atoms with van der Waals surface area (Å²) >= 11 is 9.42. The number of hydrogen-bond donors (Lipinski definition) is 1. The van der Waals surface area contributed by atoms with Crippen molar-refractivity contribution in [1.29, 1.82) is 0 Å². The summed E-state index contributed by atoms with van der Waals surface area (Å²) in [6.07, 6.45) is 6.39. The molecule has 1 aromatic carbocycles. The van der Waals surface area contributed by atoms with E-state index in [1.165, 1.54) is 18.5 Å². The molecule has 5 heteroatoms. The summed E-state index contributed by atoms with van der Waals surface area (Å²) in [7, 11) is 0. The van der Waals surface area contributed by atoms with Crippen LogP contribution in [-0.2, 0) is 6.54 Å². The Bertz CT molecular complexity index is 563. The number of halogens is 2. The average molecular weight is 327 g/mol. The highest BCUT2D eigenvalue weighted by molar-refractivity contribution is 9.10. The largest absolute Gasteiger partial charge is 0.378 e. The van der Waals surface area contributed by atoms with E-state index >= 15 is 0 Å². The minimum Gasteiger partial charge on any atom is -0.378 e. The summed E-state index contributed by atoms with van der Waals surface area (Å²) in [5.74, 6) is 0. The van der Waals surface area contributed by atoms with Crippen molar-refractivity contribution in [2.24, 2.45) is 0 Å².